The second-order valence-electron chi connectivity index (χ2n) is 2.35. The number of aromatic nitrogens is 1. The average molecular weight is 224 g/mol. The summed E-state index contributed by atoms with van der Waals surface area (Å²) in [6, 6.07) is 0.869. The summed E-state index contributed by atoms with van der Waals surface area (Å²) in [6.45, 7) is 1.45. The molecule has 6 heteroatoms. The van der Waals surface area contributed by atoms with Crippen molar-refractivity contribution < 1.29 is 12.8 Å². The molecule has 0 N–H and O–H groups in total. The van der Waals surface area contributed by atoms with E-state index in [1.54, 1.807) is 0 Å². The summed E-state index contributed by atoms with van der Waals surface area (Å²) in [4.78, 5) is 3.15. The number of hydrogen-bond acceptors (Lipinski definition) is 3. The maximum Gasteiger partial charge on any atom is 0.181 e. The average Bonchev–Trinajstić information content (AvgIpc) is 2.09. The smallest absolute Gasteiger partial charge is 0.181 e. The molecule has 0 spiro atoms. The van der Waals surface area contributed by atoms with Crippen molar-refractivity contribution >= 4 is 21.4 Å². The molecular weight excluding hydrogens is 217 g/mol. The number of rotatable bonds is 2. The van der Waals surface area contributed by atoms with E-state index in [0.29, 0.717) is 0 Å². The van der Waals surface area contributed by atoms with Crippen LogP contribution >= 0.6 is 11.6 Å². The summed E-state index contributed by atoms with van der Waals surface area (Å²) >= 11 is 5.50. The molecule has 0 bridgehead atoms. The van der Waals surface area contributed by atoms with E-state index in [9.17, 15) is 12.8 Å². The lowest BCUT2D eigenvalue weighted by atomic mass is 10.5. The first kappa shape index (κ1) is 10.4. The Balaban J connectivity index is 3.38. The van der Waals surface area contributed by atoms with Crippen molar-refractivity contribution in [3.8, 4) is 0 Å². The fourth-order valence-corrected chi connectivity index (χ4v) is 2.15. The van der Waals surface area contributed by atoms with Gasteiger partial charge in [-0.2, -0.15) is 0 Å². The zero-order valence-electron chi connectivity index (χ0n) is 6.79. The van der Waals surface area contributed by atoms with Gasteiger partial charge in [0.15, 0.2) is 9.84 Å². The van der Waals surface area contributed by atoms with Crippen molar-refractivity contribution in [2.24, 2.45) is 0 Å². The van der Waals surface area contributed by atoms with Crippen LogP contribution in [0.4, 0.5) is 4.39 Å². The third-order valence-corrected chi connectivity index (χ3v) is 3.64. The fourth-order valence-electron chi connectivity index (χ4n) is 0.778. The van der Waals surface area contributed by atoms with Crippen LogP contribution in [0.5, 0.6) is 0 Å². The molecule has 0 unspecified atom stereocenters. The Morgan fingerprint density at radius 3 is 2.77 bits per heavy atom. The van der Waals surface area contributed by atoms with Crippen LogP contribution < -0.4 is 0 Å². The van der Waals surface area contributed by atoms with Crippen LogP contribution in [0.3, 0.4) is 0 Å². The minimum absolute atomic E-state index is 0.127. The van der Waals surface area contributed by atoms with Crippen LogP contribution in [0.15, 0.2) is 17.2 Å². The SMILES string of the molecule is CCS(=O)(=O)c1cc(F)cnc1Cl. The van der Waals surface area contributed by atoms with E-state index in [1.165, 1.54) is 6.92 Å². The summed E-state index contributed by atoms with van der Waals surface area (Å²) < 4.78 is 35.2. The van der Waals surface area contributed by atoms with Crippen LogP contribution in [-0.4, -0.2) is 19.2 Å². The molecule has 1 rings (SSSR count). The van der Waals surface area contributed by atoms with Gasteiger partial charge in [-0.1, -0.05) is 18.5 Å². The zero-order chi connectivity index (χ0) is 10.1. The molecule has 0 aliphatic rings. The quantitative estimate of drug-likeness (QED) is 0.717. The van der Waals surface area contributed by atoms with Crippen LogP contribution in [0.25, 0.3) is 0 Å². The molecule has 1 aromatic heterocycles. The van der Waals surface area contributed by atoms with Crippen molar-refractivity contribution in [2.75, 3.05) is 5.75 Å². The van der Waals surface area contributed by atoms with E-state index in [0.717, 1.165) is 12.3 Å². The lowest BCUT2D eigenvalue weighted by molar-refractivity contribution is 0.589. The molecule has 1 aromatic rings. The number of halogens is 2. The fraction of sp³-hybridized carbons (Fsp3) is 0.286. The summed E-state index contributed by atoms with van der Waals surface area (Å²) in [6.07, 6.45) is 0.872. The molecule has 1 heterocycles. The Bertz CT molecular complexity index is 419. The van der Waals surface area contributed by atoms with Crippen molar-refractivity contribution in [3.63, 3.8) is 0 Å². The van der Waals surface area contributed by atoms with Gasteiger partial charge in [-0.3, -0.25) is 0 Å². The van der Waals surface area contributed by atoms with E-state index in [2.05, 4.69) is 4.98 Å². The van der Waals surface area contributed by atoms with E-state index in [4.69, 9.17) is 11.6 Å². The third-order valence-electron chi connectivity index (χ3n) is 1.49. The van der Waals surface area contributed by atoms with Gasteiger partial charge < -0.3 is 0 Å². The number of pyridine rings is 1. The molecule has 13 heavy (non-hydrogen) atoms. The molecule has 0 saturated heterocycles. The van der Waals surface area contributed by atoms with Gasteiger partial charge in [-0.05, 0) is 6.07 Å². The molecule has 0 aliphatic heterocycles. The van der Waals surface area contributed by atoms with Crippen molar-refractivity contribution in [1.29, 1.82) is 0 Å². The molecule has 0 fully saturated rings. The van der Waals surface area contributed by atoms with E-state index in [1.807, 2.05) is 0 Å². The van der Waals surface area contributed by atoms with Gasteiger partial charge in [0, 0.05) is 0 Å². The zero-order valence-corrected chi connectivity index (χ0v) is 8.36. The van der Waals surface area contributed by atoms with E-state index >= 15 is 0 Å². The first-order chi connectivity index (χ1) is 5.97. The van der Waals surface area contributed by atoms with Gasteiger partial charge in [0.25, 0.3) is 0 Å². The summed E-state index contributed by atoms with van der Waals surface area (Å²) in [5, 5.41) is -0.191. The topological polar surface area (TPSA) is 47.0 Å². The predicted octanol–water partition coefficient (Wildman–Crippen LogP) is 1.67. The Morgan fingerprint density at radius 1 is 1.62 bits per heavy atom. The second-order valence-corrected chi connectivity index (χ2v) is 4.95. The molecular formula is C7H7ClFNO2S. The Kier molecular flexibility index (Phi) is 2.87. The van der Waals surface area contributed by atoms with Crippen LogP contribution in [0.2, 0.25) is 5.15 Å². The highest BCUT2D eigenvalue weighted by atomic mass is 35.5. The molecule has 0 aliphatic carbocycles. The number of nitrogens with zero attached hydrogens (tertiary/aromatic N) is 1. The molecule has 0 radical (unpaired) electrons. The highest BCUT2D eigenvalue weighted by molar-refractivity contribution is 7.91. The van der Waals surface area contributed by atoms with Crippen molar-refractivity contribution in [3.05, 3.63) is 23.2 Å². The maximum atomic E-state index is 12.6. The largest absolute Gasteiger partial charge is 0.240 e. The molecule has 72 valence electrons. The highest BCUT2D eigenvalue weighted by Gasteiger charge is 2.17. The van der Waals surface area contributed by atoms with Crippen LogP contribution in [0.1, 0.15) is 6.92 Å². The van der Waals surface area contributed by atoms with Crippen molar-refractivity contribution in [2.45, 2.75) is 11.8 Å². The van der Waals surface area contributed by atoms with Gasteiger partial charge in [0.1, 0.15) is 15.9 Å². The van der Waals surface area contributed by atoms with Crippen LogP contribution in [0, 0.1) is 5.82 Å². The minimum atomic E-state index is -3.49. The van der Waals surface area contributed by atoms with Gasteiger partial charge >= 0.3 is 0 Å². The van der Waals surface area contributed by atoms with Crippen molar-refractivity contribution in [1.82, 2.24) is 4.98 Å². The normalized spacial score (nSPS) is 11.6. The van der Waals surface area contributed by atoms with Gasteiger partial charge in [0.2, 0.25) is 0 Å². The Hall–Kier alpha value is -0.680. The molecule has 0 atom stereocenters. The highest BCUT2D eigenvalue weighted by Crippen LogP contribution is 2.20. The molecule has 0 saturated carbocycles. The van der Waals surface area contributed by atoms with Gasteiger partial charge in [0.05, 0.1) is 11.9 Å². The summed E-state index contributed by atoms with van der Waals surface area (Å²) in [7, 11) is -3.49. The van der Waals surface area contributed by atoms with E-state index < -0.39 is 15.7 Å². The second kappa shape index (κ2) is 3.59. The predicted molar refractivity (Wildman–Crippen MR) is 46.9 cm³/mol. The monoisotopic (exact) mass is 223 g/mol. The Morgan fingerprint density at radius 2 is 2.23 bits per heavy atom. The molecule has 3 nitrogen and oxygen atoms in total. The van der Waals surface area contributed by atoms with Crippen LogP contribution in [-0.2, 0) is 9.84 Å². The minimum Gasteiger partial charge on any atom is -0.240 e. The summed E-state index contributed by atoms with van der Waals surface area (Å²) in [5.74, 6) is -0.839. The summed E-state index contributed by atoms with van der Waals surface area (Å²) in [5.41, 5.74) is 0. The van der Waals surface area contributed by atoms with Gasteiger partial charge in [-0.15, -0.1) is 0 Å². The number of hydrogen-bond donors (Lipinski definition) is 0. The molecule has 0 aromatic carbocycles. The lowest BCUT2D eigenvalue weighted by Gasteiger charge is -2.02. The Labute approximate surface area is 80.5 Å². The standard InChI is InChI=1S/C7H7ClFNO2S/c1-2-13(11,12)6-3-5(9)4-10-7(6)8/h3-4H,2H2,1H3. The first-order valence-corrected chi connectivity index (χ1v) is 5.54. The van der Waals surface area contributed by atoms with E-state index in [-0.39, 0.29) is 15.8 Å². The first-order valence-electron chi connectivity index (χ1n) is 3.51. The molecule has 0 amide bonds. The lowest BCUT2D eigenvalue weighted by Crippen LogP contribution is -2.05. The number of sulfone groups is 1. The third kappa shape index (κ3) is 2.16. The van der Waals surface area contributed by atoms with Gasteiger partial charge in [-0.25, -0.2) is 17.8 Å². The maximum absolute atomic E-state index is 12.6.